The first-order valence-corrected chi connectivity index (χ1v) is 5.49. The van der Waals surface area contributed by atoms with Crippen molar-refractivity contribution < 1.29 is 18.7 Å². The average Bonchev–Trinajstić information content (AvgIpc) is 2.69. The maximum absolute atomic E-state index is 12.9. The molecule has 2 N–H and O–H groups in total. The van der Waals surface area contributed by atoms with Crippen LogP contribution in [-0.2, 0) is 6.42 Å². The van der Waals surface area contributed by atoms with Crippen molar-refractivity contribution in [2.75, 3.05) is 0 Å². The van der Waals surface area contributed by atoms with Gasteiger partial charge in [0.1, 0.15) is 0 Å². The van der Waals surface area contributed by atoms with Crippen LogP contribution >= 0.6 is 0 Å². The van der Waals surface area contributed by atoms with Gasteiger partial charge in [-0.25, -0.2) is 13.6 Å². The lowest BCUT2D eigenvalue weighted by atomic mass is 9.84. The van der Waals surface area contributed by atoms with Crippen molar-refractivity contribution in [3.63, 3.8) is 0 Å². The Labute approximate surface area is 96.2 Å². The highest BCUT2D eigenvalue weighted by atomic mass is 19.3. The van der Waals surface area contributed by atoms with Gasteiger partial charge in [0.2, 0.25) is 5.92 Å². The van der Waals surface area contributed by atoms with Gasteiger partial charge in [-0.05, 0) is 25.2 Å². The molecule has 1 aliphatic carbocycles. The van der Waals surface area contributed by atoms with Gasteiger partial charge in [0.05, 0.1) is 5.69 Å². The highest BCUT2D eigenvalue weighted by Gasteiger charge is 2.35. The molecule has 0 unspecified atom stereocenters. The second kappa shape index (κ2) is 4.38. The summed E-state index contributed by atoms with van der Waals surface area (Å²) in [6, 6.07) is 0. The number of alkyl halides is 2. The SMILES string of the molecule is O=C(O)c1[nH]nnc1CC1CCC(F)(F)CC1. The lowest BCUT2D eigenvalue weighted by molar-refractivity contribution is -0.0457. The van der Waals surface area contributed by atoms with Crippen molar-refractivity contribution in [1.82, 2.24) is 15.4 Å². The Morgan fingerprint density at radius 1 is 1.47 bits per heavy atom. The van der Waals surface area contributed by atoms with Gasteiger partial charge < -0.3 is 5.11 Å². The van der Waals surface area contributed by atoms with Crippen LogP contribution < -0.4 is 0 Å². The quantitative estimate of drug-likeness (QED) is 0.852. The molecule has 17 heavy (non-hydrogen) atoms. The van der Waals surface area contributed by atoms with Crippen LogP contribution in [-0.4, -0.2) is 32.4 Å². The molecule has 1 heterocycles. The van der Waals surface area contributed by atoms with E-state index in [4.69, 9.17) is 5.11 Å². The monoisotopic (exact) mass is 245 g/mol. The molecule has 0 bridgehead atoms. The van der Waals surface area contributed by atoms with Crippen LogP contribution in [0.3, 0.4) is 0 Å². The lowest BCUT2D eigenvalue weighted by Gasteiger charge is -2.27. The molecule has 0 aliphatic heterocycles. The predicted octanol–water partition coefficient (Wildman–Crippen LogP) is 1.87. The summed E-state index contributed by atoms with van der Waals surface area (Å²) in [5.74, 6) is -3.61. The topological polar surface area (TPSA) is 78.9 Å². The first-order chi connectivity index (χ1) is 7.98. The van der Waals surface area contributed by atoms with Crippen molar-refractivity contribution in [3.05, 3.63) is 11.4 Å². The minimum absolute atomic E-state index is 0.0395. The van der Waals surface area contributed by atoms with Gasteiger partial charge in [0, 0.05) is 12.8 Å². The molecule has 0 saturated heterocycles. The lowest BCUT2D eigenvalue weighted by Crippen LogP contribution is -2.25. The van der Waals surface area contributed by atoms with Crippen LogP contribution in [0.5, 0.6) is 0 Å². The Bertz CT molecular complexity index is 409. The molecule has 0 amide bonds. The number of hydrogen-bond acceptors (Lipinski definition) is 3. The Balaban J connectivity index is 1.98. The van der Waals surface area contributed by atoms with E-state index in [0.717, 1.165) is 0 Å². The van der Waals surface area contributed by atoms with Crippen molar-refractivity contribution >= 4 is 5.97 Å². The summed E-state index contributed by atoms with van der Waals surface area (Å²) in [7, 11) is 0. The zero-order chi connectivity index (χ0) is 12.5. The molecule has 1 saturated carbocycles. The Morgan fingerprint density at radius 3 is 2.71 bits per heavy atom. The first-order valence-electron chi connectivity index (χ1n) is 5.49. The first kappa shape index (κ1) is 11.9. The summed E-state index contributed by atoms with van der Waals surface area (Å²) >= 11 is 0. The summed E-state index contributed by atoms with van der Waals surface area (Å²) in [4.78, 5) is 10.8. The van der Waals surface area contributed by atoms with E-state index >= 15 is 0 Å². The second-order valence-electron chi connectivity index (χ2n) is 4.44. The Hall–Kier alpha value is -1.53. The van der Waals surface area contributed by atoms with Gasteiger partial charge in [-0.2, -0.15) is 0 Å². The van der Waals surface area contributed by atoms with E-state index in [2.05, 4.69) is 15.4 Å². The number of aromatic carboxylic acids is 1. The number of halogens is 2. The molecule has 1 fully saturated rings. The number of aromatic amines is 1. The highest BCUT2D eigenvalue weighted by molar-refractivity contribution is 5.86. The molecular weight excluding hydrogens is 232 g/mol. The van der Waals surface area contributed by atoms with E-state index in [0.29, 0.717) is 25.0 Å². The van der Waals surface area contributed by atoms with Gasteiger partial charge in [-0.1, -0.05) is 5.21 Å². The maximum Gasteiger partial charge on any atom is 0.355 e. The number of carbonyl (C=O) groups is 1. The molecule has 1 aromatic heterocycles. The number of aromatic nitrogens is 3. The maximum atomic E-state index is 12.9. The van der Waals surface area contributed by atoms with Gasteiger partial charge in [-0.3, -0.25) is 5.10 Å². The molecule has 2 rings (SSSR count). The fourth-order valence-corrected chi connectivity index (χ4v) is 2.14. The molecule has 0 radical (unpaired) electrons. The standard InChI is InChI=1S/C10H13F2N3O2/c11-10(12)3-1-6(2-4-10)5-7-8(9(16)17)14-15-13-7/h6H,1-5H2,(H,16,17)(H,13,14,15). The zero-order valence-electron chi connectivity index (χ0n) is 9.12. The molecule has 0 spiro atoms. The van der Waals surface area contributed by atoms with Crippen LogP contribution in [0, 0.1) is 5.92 Å². The number of H-pyrrole nitrogens is 1. The van der Waals surface area contributed by atoms with Crippen molar-refractivity contribution in [2.45, 2.75) is 38.0 Å². The van der Waals surface area contributed by atoms with Crippen molar-refractivity contribution in [2.24, 2.45) is 5.92 Å². The summed E-state index contributed by atoms with van der Waals surface area (Å²) < 4.78 is 25.9. The third-order valence-corrected chi connectivity index (χ3v) is 3.15. The molecule has 0 atom stereocenters. The van der Waals surface area contributed by atoms with Crippen LogP contribution in [0.4, 0.5) is 8.78 Å². The smallest absolute Gasteiger partial charge is 0.355 e. The fraction of sp³-hybridized carbons (Fsp3) is 0.700. The van der Waals surface area contributed by atoms with E-state index < -0.39 is 11.9 Å². The van der Waals surface area contributed by atoms with Crippen LogP contribution in [0.15, 0.2) is 0 Å². The van der Waals surface area contributed by atoms with Gasteiger partial charge in [0.15, 0.2) is 5.69 Å². The van der Waals surface area contributed by atoms with E-state index in [-0.39, 0.29) is 24.5 Å². The normalized spacial score (nSPS) is 20.4. The number of carboxylic acids is 1. The van der Waals surface area contributed by atoms with Gasteiger partial charge in [0.25, 0.3) is 0 Å². The van der Waals surface area contributed by atoms with Crippen LogP contribution in [0.1, 0.15) is 41.9 Å². The molecule has 5 nitrogen and oxygen atoms in total. The van der Waals surface area contributed by atoms with Crippen molar-refractivity contribution in [3.8, 4) is 0 Å². The number of nitrogens with zero attached hydrogens (tertiary/aromatic N) is 2. The van der Waals surface area contributed by atoms with Gasteiger partial charge in [-0.15, -0.1) is 5.10 Å². The van der Waals surface area contributed by atoms with E-state index in [1.54, 1.807) is 0 Å². The Kier molecular flexibility index (Phi) is 3.08. The molecular formula is C10H13F2N3O2. The number of carboxylic acid groups (broad SMARTS) is 1. The van der Waals surface area contributed by atoms with Crippen molar-refractivity contribution in [1.29, 1.82) is 0 Å². The molecule has 1 aromatic rings. The summed E-state index contributed by atoms with van der Waals surface area (Å²) in [5, 5.41) is 18.3. The average molecular weight is 245 g/mol. The molecule has 94 valence electrons. The minimum Gasteiger partial charge on any atom is -0.476 e. The molecule has 0 aromatic carbocycles. The van der Waals surface area contributed by atoms with E-state index in [9.17, 15) is 13.6 Å². The third-order valence-electron chi connectivity index (χ3n) is 3.15. The molecule has 7 heteroatoms. The predicted molar refractivity (Wildman–Crippen MR) is 54.0 cm³/mol. The summed E-state index contributed by atoms with van der Waals surface area (Å²) in [6.45, 7) is 0. The summed E-state index contributed by atoms with van der Waals surface area (Å²) in [6.07, 6.45) is 0.946. The largest absolute Gasteiger partial charge is 0.476 e. The third kappa shape index (κ3) is 2.78. The molecule has 1 aliphatic rings. The zero-order valence-corrected chi connectivity index (χ0v) is 9.12. The Morgan fingerprint density at radius 2 is 2.12 bits per heavy atom. The van der Waals surface area contributed by atoms with E-state index in [1.807, 2.05) is 0 Å². The number of rotatable bonds is 3. The number of hydrogen-bond donors (Lipinski definition) is 2. The fourth-order valence-electron chi connectivity index (χ4n) is 2.14. The van der Waals surface area contributed by atoms with Gasteiger partial charge >= 0.3 is 5.97 Å². The van der Waals surface area contributed by atoms with Crippen LogP contribution in [0.2, 0.25) is 0 Å². The highest BCUT2D eigenvalue weighted by Crippen LogP contribution is 2.37. The van der Waals surface area contributed by atoms with E-state index in [1.165, 1.54) is 0 Å². The second-order valence-corrected chi connectivity index (χ2v) is 4.44. The number of nitrogens with one attached hydrogen (secondary N) is 1. The summed E-state index contributed by atoms with van der Waals surface area (Å²) in [5.41, 5.74) is 0.315. The van der Waals surface area contributed by atoms with Crippen LogP contribution in [0.25, 0.3) is 0 Å². The minimum atomic E-state index is -2.56.